The van der Waals surface area contributed by atoms with Crippen molar-refractivity contribution < 1.29 is 9.90 Å². The maximum Gasteiger partial charge on any atom is 0.236 e. The third-order valence-corrected chi connectivity index (χ3v) is 5.21. The lowest BCUT2D eigenvalue weighted by molar-refractivity contribution is -0.132. The van der Waals surface area contributed by atoms with Crippen LogP contribution in [0.1, 0.15) is 37.4 Å². The maximum absolute atomic E-state index is 12.2. The van der Waals surface area contributed by atoms with Gasteiger partial charge in [0.25, 0.3) is 0 Å². The molecule has 1 unspecified atom stereocenters. The Labute approximate surface area is 155 Å². The SMILES string of the molecule is Cl.O=C(CNCC1CC1)N1CCC(C(O)c2ccc(Cl)cc2)CC1. The lowest BCUT2D eigenvalue weighted by Gasteiger charge is -2.34. The molecule has 1 heterocycles. The van der Waals surface area contributed by atoms with E-state index in [-0.39, 0.29) is 24.2 Å². The van der Waals surface area contributed by atoms with Crippen LogP contribution in [0.5, 0.6) is 0 Å². The minimum Gasteiger partial charge on any atom is -0.388 e. The van der Waals surface area contributed by atoms with Crippen LogP contribution in [0.15, 0.2) is 24.3 Å². The predicted octanol–water partition coefficient (Wildman–Crippen LogP) is 3.03. The van der Waals surface area contributed by atoms with Crippen molar-refractivity contribution in [3.8, 4) is 0 Å². The zero-order valence-electron chi connectivity index (χ0n) is 13.8. The molecule has 1 aliphatic heterocycles. The Kier molecular flexibility index (Phi) is 7.35. The van der Waals surface area contributed by atoms with Gasteiger partial charge in [0.2, 0.25) is 5.91 Å². The molecule has 1 saturated heterocycles. The van der Waals surface area contributed by atoms with Gasteiger partial charge in [0, 0.05) is 18.1 Å². The zero-order chi connectivity index (χ0) is 16.2. The lowest BCUT2D eigenvalue weighted by Crippen LogP contribution is -2.44. The van der Waals surface area contributed by atoms with Crippen molar-refractivity contribution in [1.29, 1.82) is 0 Å². The molecule has 134 valence electrons. The summed E-state index contributed by atoms with van der Waals surface area (Å²) in [6, 6.07) is 7.38. The highest BCUT2D eigenvalue weighted by molar-refractivity contribution is 6.30. The Bertz CT molecular complexity index is 526. The van der Waals surface area contributed by atoms with Crippen molar-refractivity contribution in [2.24, 2.45) is 11.8 Å². The first-order chi connectivity index (χ1) is 11.1. The van der Waals surface area contributed by atoms with Gasteiger partial charge in [-0.3, -0.25) is 4.79 Å². The molecule has 1 atom stereocenters. The van der Waals surface area contributed by atoms with Gasteiger partial charge >= 0.3 is 0 Å². The van der Waals surface area contributed by atoms with Gasteiger partial charge in [-0.25, -0.2) is 0 Å². The lowest BCUT2D eigenvalue weighted by atomic mass is 9.87. The van der Waals surface area contributed by atoms with Crippen LogP contribution in [0.3, 0.4) is 0 Å². The number of benzene rings is 1. The molecule has 1 amide bonds. The zero-order valence-corrected chi connectivity index (χ0v) is 15.4. The average molecular weight is 373 g/mol. The Hall–Kier alpha value is -0.810. The minimum absolute atomic E-state index is 0. The molecule has 0 spiro atoms. The van der Waals surface area contributed by atoms with E-state index >= 15 is 0 Å². The number of carbonyl (C=O) groups excluding carboxylic acids is 1. The summed E-state index contributed by atoms with van der Waals surface area (Å²) in [7, 11) is 0. The number of nitrogens with zero attached hydrogens (tertiary/aromatic N) is 1. The van der Waals surface area contributed by atoms with Crippen LogP contribution in [0.2, 0.25) is 5.02 Å². The van der Waals surface area contributed by atoms with Crippen molar-refractivity contribution in [3.05, 3.63) is 34.9 Å². The second-order valence-electron chi connectivity index (χ2n) is 6.79. The monoisotopic (exact) mass is 372 g/mol. The fraction of sp³-hybridized carbons (Fsp3) is 0.611. The van der Waals surface area contributed by atoms with Gasteiger partial charge in [-0.05, 0) is 61.8 Å². The van der Waals surface area contributed by atoms with Crippen LogP contribution >= 0.6 is 24.0 Å². The second-order valence-corrected chi connectivity index (χ2v) is 7.23. The van der Waals surface area contributed by atoms with Gasteiger partial charge in [0.05, 0.1) is 12.6 Å². The first-order valence-corrected chi connectivity index (χ1v) is 8.93. The Morgan fingerprint density at radius 2 is 1.83 bits per heavy atom. The van der Waals surface area contributed by atoms with Gasteiger partial charge in [0.15, 0.2) is 0 Å². The normalized spacial score (nSPS) is 19.7. The van der Waals surface area contributed by atoms with Crippen molar-refractivity contribution >= 4 is 29.9 Å². The summed E-state index contributed by atoms with van der Waals surface area (Å²) in [6.07, 6.45) is 3.82. The number of nitrogens with one attached hydrogen (secondary N) is 1. The van der Waals surface area contributed by atoms with E-state index in [0.29, 0.717) is 11.6 Å². The number of likely N-dealkylation sites (tertiary alicyclic amines) is 1. The number of hydrogen-bond acceptors (Lipinski definition) is 3. The Morgan fingerprint density at radius 1 is 1.21 bits per heavy atom. The smallest absolute Gasteiger partial charge is 0.236 e. The first-order valence-electron chi connectivity index (χ1n) is 8.55. The molecule has 1 saturated carbocycles. The topological polar surface area (TPSA) is 52.6 Å². The van der Waals surface area contributed by atoms with Gasteiger partial charge in [-0.15, -0.1) is 12.4 Å². The van der Waals surface area contributed by atoms with E-state index < -0.39 is 6.10 Å². The van der Waals surface area contributed by atoms with E-state index in [1.807, 2.05) is 29.2 Å². The number of carbonyl (C=O) groups is 1. The van der Waals surface area contributed by atoms with Gasteiger partial charge < -0.3 is 15.3 Å². The van der Waals surface area contributed by atoms with Gasteiger partial charge in [0.1, 0.15) is 0 Å². The Morgan fingerprint density at radius 3 is 2.42 bits per heavy atom. The van der Waals surface area contributed by atoms with E-state index in [0.717, 1.165) is 44.0 Å². The molecule has 2 fully saturated rings. The van der Waals surface area contributed by atoms with Crippen molar-refractivity contribution in [3.63, 3.8) is 0 Å². The van der Waals surface area contributed by atoms with E-state index in [1.54, 1.807) is 0 Å². The molecule has 6 heteroatoms. The summed E-state index contributed by atoms with van der Waals surface area (Å²) in [5, 5.41) is 14.4. The number of aliphatic hydroxyl groups excluding tert-OH is 1. The highest BCUT2D eigenvalue weighted by Gasteiger charge is 2.28. The van der Waals surface area contributed by atoms with Crippen LogP contribution in [-0.4, -0.2) is 42.1 Å². The third-order valence-electron chi connectivity index (χ3n) is 4.96. The minimum atomic E-state index is -0.475. The summed E-state index contributed by atoms with van der Waals surface area (Å²) >= 11 is 5.89. The first kappa shape index (κ1) is 19.5. The van der Waals surface area contributed by atoms with Gasteiger partial charge in [-0.2, -0.15) is 0 Å². The number of halogens is 2. The number of piperidine rings is 1. The standard InChI is InChI=1S/C18H25ClN2O2.ClH/c19-16-5-3-14(4-6-16)18(23)15-7-9-21(10-8-15)17(22)12-20-11-13-1-2-13;/h3-6,13,15,18,20,23H,1-2,7-12H2;1H. The van der Waals surface area contributed by atoms with Crippen LogP contribution < -0.4 is 5.32 Å². The maximum atomic E-state index is 12.2. The van der Waals surface area contributed by atoms with Gasteiger partial charge in [-0.1, -0.05) is 23.7 Å². The quantitative estimate of drug-likeness (QED) is 0.806. The average Bonchev–Trinajstić information content (AvgIpc) is 3.39. The van der Waals surface area contributed by atoms with Crippen molar-refractivity contribution in [1.82, 2.24) is 10.2 Å². The largest absolute Gasteiger partial charge is 0.388 e. The fourth-order valence-electron chi connectivity index (χ4n) is 3.21. The number of amides is 1. The summed E-state index contributed by atoms with van der Waals surface area (Å²) in [5.41, 5.74) is 0.908. The molecule has 0 aromatic heterocycles. The van der Waals surface area contributed by atoms with Crippen molar-refractivity contribution in [2.45, 2.75) is 31.8 Å². The highest BCUT2D eigenvalue weighted by Crippen LogP contribution is 2.31. The summed E-state index contributed by atoms with van der Waals surface area (Å²) in [5.74, 6) is 1.19. The molecular formula is C18H26Cl2N2O2. The molecule has 4 nitrogen and oxygen atoms in total. The number of rotatable bonds is 6. The fourth-order valence-corrected chi connectivity index (χ4v) is 3.34. The molecule has 2 aliphatic rings. The van der Waals surface area contributed by atoms with Crippen molar-refractivity contribution in [2.75, 3.05) is 26.2 Å². The molecule has 1 aliphatic carbocycles. The van der Waals surface area contributed by atoms with Crippen LogP contribution in [0, 0.1) is 11.8 Å². The summed E-state index contributed by atoms with van der Waals surface area (Å²) in [4.78, 5) is 14.1. The molecule has 1 aromatic carbocycles. The Balaban J connectivity index is 0.00000208. The number of hydrogen-bond donors (Lipinski definition) is 2. The molecule has 0 radical (unpaired) electrons. The molecule has 2 N–H and O–H groups in total. The van der Waals surface area contributed by atoms with E-state index in [4.69, 9.17) is 11.6 Å². The number of aliphatic hydroxyl groups is 1. The highest BCUT2D eigenvalue weighted by atomic mass is 35.5. The predicted molar refractivity (Wildman–Crippen MR) is 98.6 cm³/mol. The summed E-state index contributed by atoms with van der Waals surface area (Å²) in [6.45, 7) is 2.89. The van der Waals surface area contributed by atoms with E-state index in [1.165, 1.54) is 12.8 Å². The molecule has 0 bridgehead atoms. The van der Waals surface area contributed by atoms with Crippen LogP contribution in [0.4, 0.5) is 0 Å². The second kappa shape index (κ2) is 9.04. The molecule has 1 aromatic rings. The third kappa shape index (κ3) is 5.35. The molecule has 3 rings (SSSR count). The van der Waals surface area contributed by atoms with Crippen LogP contribution in [-0.2, 0) is 4.79 Å². The van der Waals surface area contributed by atoms with E-state index in [9.17, 15) is 9.90 Å². The summed E-state index contributed by atoms with van der Waals surface area (Å²) < 4.78 is 0. The van der Waals surface area contributed by atoms with E-state index in [2.05, 4.69) is 5.32 Å². The molecule has 24 heavy (non-hydrogen) atoms. The van der Waals surface area contributed by atoms with Crippen LogP contribution in [0.25, 0.3) is 0 Å². The molecular weight excluding hydrogens is 347 g/mol.